The van der Waals surface area contributed by atoms with E-state index < -0.39 is 0 Å². The standard InChI is InChI=1S/C21H19NO2/c1-14-21(15(2)23)19(18-9-4-5-10-20(18)22-14)12-11-16-7-6-8-17(13-16)24-3/h4-13H,1-3H3/b12-11+. The Morgan fingerprint density at radius 1 is 1.08 bits per heavy atom. The summed E-state index contributed by atoms with van der Waals surface area (Å²) in [6, 6.07) is 15.7. The van der Waals surface area contributed by atoms with Crippen molar-refractivity contribution in [1.29, 1.82) is 0 Å². The van der Waals surface area contributed by atoms with Gasteiger partial charge in [0.25, 0.3) is 0 Å². The molecule has 0 unspecified atom stereocenters. The fourth-order valence-corrected chi connectivity index (χ4v) is 2.91. The summed E-state index contributed by atoms with van der Waals surface area (Å²) >= 11 is 0. The summed E-state index contributed by atoms with van der Waals surface area (Å²) in [5.74, 6) is 0.829. The first-order valence-electron chi connectivity index (χ1n) is 7.82. The Kier molecular flexibility index (Phi) is 4.43. The maximum atomic E-state index is 12.1. The van der Waals surface area contributed by atoms with E-state index in [0.29, 0.717) is 5.56 Å². The minimum absolute atomic E-state index is 0.0241. The number of rotatable bonds is 4. The van der Waals surface area contributed by atoms with Gasteiger partial charge in [0.1, 0.15) is 5.75 Å². The van der Waals surface area contributed by atoms with Crippen molar-refractivity contribution in [3.63, 3.8) is 0 Å². The van der Waals surface area contributed by atoms with Crippen LogP contribution in [0, 0.1) is 6.92 Å². The number of aryl methyl sites for hydroxylation is 1. The number of fused-ring (bicyclic) bond motifs is 1. The first kappa shape index (κ1) is 15.9. The van der Waals surface area contributed by atoms with Gasteiger partial charge in [-0.2, -0.15) is 0 Å². The van der Waals surface area contributed by atoms with Gasteiger partial charge in [-0.3, -0.25) is 9.78 Å². The molecule has 0 aliphatic rings. The van der Waals surface area contributed by atoms with Crippen molar-refractivity contribution in [1.82, 2.24) is 4.98 Å². The van der Waals surface area contributed by atoms with Crippen LogP contribution in [0.3, 0.4) is 0 Å². The van der Waals surface area contributed by atoms with E-state index in [1.165, 1.54) is 0 Å². The minimum Gasteiger partial charge on any atom is -0.497 e. The Bertz CT molecular complexity index is 942. The van der Waals surface area contributed by atoms with Gasteiger partial charge in [0.05, 0.1) is 12.6 Å². The number of pyridine rings is 1. The Morgan fingerprint density at radius 2 is 1.88 bits per heavy atom. The van der Waals surface area contributed by atoms with Crippen molar-refractivity contribution >= 4 is 28.8 Å². The molecule has 0 aliphatic carbocycles. The number of methoxy groups -OCH3 is 1. The lowest BCUT2D eigenvalue weighted by Gasteiger charge is -2.10. The predicted molar refractivity (Wildman–Crippen MR) is 98.4 cm³/mol. The second-order valence-corrected chi connectivity index (χ2v) is 5.67. The van der Waals surface area contributed by atoms with Gasteiger partial charge in [-0.1, -0.05) is 42.5 Å². The van der Waals surface area contributed by atoms with Gasteiger partial charge in [-0.05, 0) is 43.2 Å². The zero-order valence-corrected chi connectivity index (χ0v) is 14.0. The van der Waals surface area contributed by atoms with E-state index in [1.807, 2.05) is 67.6 Å². The van der Waals surface area contributed by atoms with Crippen LogP contribution in [-0.2, 0) is 0 Å². The van der Waals surface area contributed by atoms with Gasteiger partial charge < -0.3 is 4.74 Å². The zero-order chi connectivity index (χ0) is 17.1. The van der Waals surface area contributed by atoms with Gasteiger partial charge >= 0.3 is 0 Å². The van der Waals surface area contributed by atoms with Crippen LogP contribution in [0.15, 0.2) is 48.5 Å². The fourth-order valence-electron chi connectivity index (χ4n) is 2.91. The molecule has 0 saturated heterocycles. The maximum Gasteiger partial charge on any atom is 0.162 e. The van der Waals surface area contributed by atoms with E-state index in [-0.39, 0.29) is 5.78 Å². The molecule has 2 aromatic carbocycles. The van der Waals surface area contributed by atoms with Gasteiger partial charge in [-0.15, -0.1) is 0 Å². The van der Waals surface area contributed by atoms with Crippen molar-refractivity contribution in [3.05, 3.63) is 70.9 Å². The monoisotopic (exact) mass is 317 g/mol. The van der Waals surface area contributed by atoms with Crippen LogP contribution >= 0.6 is 0 Å². The molecule has 0 spiro atoms. The molecule has 1 heterocycles. The second kappa shape index (κ2) is 6.67. The third-order valence-corrected chi connectivity index (χ3v) is 4.00. The van der Waals surface area contributed by atoms with Crippen LogP contribution in [0.2, 0.25) is 0 Å². The number of hydrogen-bond acceptors (Lipinski definition) is 3. The van der Waals surface area contributed by atoms with Crippen LogP contribution in [0.4, 0.5) is 0 Å². The molecule has 0 atom stereocenters. The van der Waals surface area contributed by atoms with Crippen LogP contribution in [0.5, 0.6) is 5.75 Å². The molecule has 3 nitrogen and oxygen atoms in total. The van der Waals surface area contributed by atoms with E-state index in [2.05, 4.69) is 4.98 Å². The van der Waals surface area contributed by atoms with Gasteiger partial charge in [0.15, 0.2) is 5.78 Å². The normalized spacial score (nSPS) is 11.1. The van der Waals surface area contributed by atoms with Crippen molar-refractivity contribution in [2.75, 3.05) is 7.11 Å². The molecule has 0 fully saturated rings. The topological polar surface area (TPSA) is 39.2 Å². The summed E-state index contributed by atoms with van der Waals surface area (Å²) < 4.78 is 5.26. The van der Waals surface area contributed by atoms with Crippen molar-refractivity contribution < 1.29 is 9.53 Å². The lowest BCUT2D eigenvalue weighted by molar-refractivity contribution is 0.101. The number of carbonyl (C=O) groups excluding carboxylic acids is 1. The Labute approximate surface area is 141 Å². The summed E-state index contributed by atoms with van der Waals surface area (Å²) in [4.78, 5) is 16.7. The maximum absolute atomic E-state index is 12.1. The van der Waals surface area contributed by atoms with E-state index in [9.17, 15) is 4.79 Å². The van der Waals surface area contributed by atoms with Gasteiger partial charge in [0.2, 0.25) is 0 Å². The van der Waals surface area contributed by atoms with E-state index in [1.54, 1.807) is 14.0 Å². The molecule has 3 rings (SSSR count). The number of Topliss-reactive ketones (excluding diaryl/α,β-unsaturated/α-hetero) is 1. The minimum atomic E-state index is 0.0241. The SMILES string of the molecule is COc1cccc(/C=C/c2c(C(C)=O)c(C)nc3ccccc23)c1. The molecule has 0 amide bonds. The number of nitrogens with zero attached hydrogens (tertiary/aromatic N) is 1. The number of aromatic nitrogens is 1. The van der Waals surface area contributed by atoms with Gasteiger partial charge in [-0.25, -0.2) is 0 Å². The van der Waals surface area contributed by atoms with E-state index in [0.717, 1.165) is 33.5 Å². The largest absolute Gasteiger partial charge is 0.497 e. The highest BCUT2D eigenvalue weighted by molar-refractivity contribution is 6.05. The molecule has 0 N–H and O–H groups in total. The zero-order valence-electron chi connectivity index (χ0n) is 14.0. The highest BCUT2D eigenvalue weighted by atomic mass is 16.5. The highest BCUT2D eigenvalue weighted by Crippen LogP contribution is 2.26. The number of ketones is 1. The molecule has 0 radical (unpaired) electrons. The summed E-state index contributed by atoms with van der Waals surface area (Å²) in [5.41, 5.74) is 4.25. The Balaban J connectivity index is 2.18. The van der Waals surface area contributed by atoms with E-state index >= 15 is 0 Å². The molecular weight excluding hydrogens is 298 g/mol. The first-order chi connectivity index (χ1) is 11.6. The van der Waals surface area contributed by atoms with Crippen LogP contribution in [-0.4, -0.2) is 17.9 Å². The Morgan fingerprint density at radius 3 is 2.62 bits per heavy atom. The number of ether oxygens (including phenoxy) is 1. The molecular formula is C21H19NO2. The molecule has 3 aromatic rings. The smallest absolute Gasteiger partial charge is 0.162 e. The van der Waals surface area contributed by atoms with E-state index in [4.69, 9.17) is 4.74 Å². The summed E-state index contributed by atoms with van der Waals surface area (Å²) in [6.45, 7) is 3.47. The first-order valence-corrected chi connectivity index (χ1v) is 7.82. The van der Waals surface area contributed by atoms with Gasteiger partial charge in [0, 0.05) is 16.6 Å². The third-order valence-electron chi connectivity index (χ3n) is 4.00. The van der Waals surface area contributed by atoms with Crippen LogP contribution in [0.1, 0.15) is 34.1 Å². The second-order valence-electron chi connectivity index (χ2n) is 5.67. The molecule has 1 aromatic heterocycles. The summed E-state index contributed by atoms with van der Waals surface area (Å²) in [6.07, 6.45) is 3.98. The number of para-hydroxylation sites is 1. The fraction of sp³-hybridized carbons (Fsp3) is 0.143. The molecule has 0 aliphatic heterocycles. The lowest BCUT2D eigenvalue weighted by atomic mass is 9.97. The van der Waals surface area contributed by atoms with Crippen molar-refractivity contribution in [2.45, 2.75) is 13.8 Å². The molecule has 0 saturated carbocycles. The number of hydrogen-bond donors (Lipinski definition) is 0. The molecule has 120 valence electrons. The van der Waals surface area contributed by atoms with Crippen molar-refractivity contribution in [3.8, 4) is 5.75 Å². The van der Waals surface area contributed by atoms with Crippen LogP contribution < -0.4 is 4.74 Å². The molecule has 3 heteroatoms. The third kappa shape index (κ3) is 3.06. The predicted octanol–water partition coefficient (Wildman–Crippen LogP) is 4.92. The highest BCUT2D eigenvalue weighted by Gasteiger charge is 2.14. The van der Waals surface area contributed by atoms with Crippen molar-refractivity contribution in [2.24, 2.45) is 0 Å². The lowest BCUT2D eigenvalue weighted by Crippen LogP contribution is -2.03. The molecule has 0 bridgehead atoms. The quantitative estimate of drug-likeness (QED) is 0.641. The Hall–Kier alpha value is -2.94. The number of carbonyl (C=O) groups is 1. The average molecular weight is 317 g/mol. The molecule has 24 heavy (non-hydrogen) atoms. The number of benzene rings is 2. The summed E-state index contributed by atoms with van der Waals surface area (Å²) in [5, 5.41) is 0.979. The van der Waals surface area contributed by atoms with Crippen LogP contribution in [0.25, 0.3) is 23.1 Å². The summed E-state index contributed by atoms with van der Waals surface area (Å²) in [7, 11) is 1.65. The average Bonchev–Trinajstić information content (AvgIpc) is 2.59.